The van der Waals surface area contributed by atoms with Gasteiger partial charge in [0.1, 0.15) is 11.3 Å². The van der Waals surface area contributed by atoms with Gasteiger partial charge in [0.2, 0.25) is 0 Å². The molecule has 0 fully saturated rings. The maximum absolute atomic E-state index is 12.0. The highest BCUT2D eigenvalue weighted by Crippen LogP contribution is 2.22. The highest BCUT2D eigenvalue weighted by Gasteiger charge is 2.15. The number of benzene rings is 1. The van der Waals surface area contributed by atoms with E-state index in [0.29, 0.717) is 16.4 Å². The first kappa shape index (κ1) is 13.4. The van der Waals surface area contributed by atoms with Crippen LogP contribution >= 0.6 is 11.6 Å². The molecule has 6 nitrogen and oxygen atoms in total. The van der Waals surface area contributed by atoms with E-state index in [2.05, 4.69) is 5.10 Å². The Hall–Kier alpha value is -2.60. The lowest BCUT2D eigenvalue weighted by Gasteiger charge is -2.05. The van der Waals surface area contributed by atoms with Gasteiger partial charge in [0.25, 0.3) is 5.56 Å². The number of nitrogens with zero attached hydrogens (tertiary/aromatic N) is 3. The molecule has 0 amide bonds. The molecule has 0 bridgehead atoms. The Morgan fingerprint density at radius 2 is 2.05 bits per heavy atom. The molecule has 7 heteroatoms. The van der Waals surface area contributed by atoms with Gasteiger partial charge in [0.15, 0.2) is 0 Å². The molecule has 0 atom stereocenters. The van der Waals surface area contributed by atoms with E-state index in [4.69, 9.17) is 16.7 Å². The zero-order valence-electron chi connectivity index (χ0n) is 10.9. The molecule has 3 aromatic rings. The largest absolute Gasteiger partial charge is 0.477 e. The Bertz CT molecular complexity index is 927. The van der Waals surface area contributed by atoms with E-state index in [0.717, 1.165) is 11.6 Å². The molecule has 0 aliphatic heterocycles. The second-order valence-corrected chi connectivity index (χ2v) is 4.98. The standard InChI is InChI=1S/C14H10ClN3O3/c1-17-11(14(20)21)7-13(19)18-12(17)6-10(16-18)8-3-2-4-9(15)5-8/h2-7H,1H3,(H,20,21). The van der Waals surface area contributed by atoms with Crippen molar-refractivity contribution in [1.82, 2.24) is 14.2 Å². The lowest BCUT2D eigenvalue weighted by atomic mass is 10.1. The first-order valence-electron chi connectivity index (χ1n) is 6.06. The summed E-state index contributed by atoms with van der Waals surface area (Å²) in [4.78, 5) is 23.1. The molecule has 0 saturated heterocycles. The number of aryl methyl sites for hydroxylation is 1. The summed E-state index contributed by atoms with van der Waals surface area (Å²) < 4.78 is 2.58. The van der Waals surface area contributed by atoms with Crippen LogP contribution in [0.2, 0.25) is 5.02 Å². The molecule has 106 valence electrons. The van der Waals surface area contributed by atoms with Crippen molar-refractivity contribution in [1.29, 1.82) is 0 Å². The number of hydrogen-bond acceptors (Lipinski definition) is 3. The number of carboxylic acids is 1. The van der Waals surface area contributed by atoms with Crippen LogP contribution in [0, 0.1) is 0 Å². The monoisotopic (exact) mass is 303 g/mol. The van der Waals surface area contributed by atoms with Crippen LogP contribution in [0.4, 0.5) is 0 Å². The second kappa shape index (κ2) is 4.75. The van der Waals surface area contributed by atoms with Gasteiger partial charge in [-0.05, 0) is 12.1 Å². The molecular formula is C14H10ClN3O3. The summed E-state index contributed by atoms with van der Waals surface area (Å²) in [5, 5.41) is 13.9. The Balaban J connectivity index is 2.30. The van der Waals surface area contributed by atoms with Crippen molar-refractivity contribution in [3.8, 4) is 11.3 Å². The van der Waals surface area contributed by atoms with Crippen LogP contribution in [0.1, 0.15) is 10.5 Å². The Labute approximate surface area is 123 Å². The molecule has 2 heterocycles. The number of fused-ring (bicyclic) bond motifs is 1. The van der Waals surface area contributed by atoms with Crippen LogP contribution in [0.5, 0.6) is 0 Å². The molecule has 3 rings (SSSR count). The van der Waals surface area contributed by atoms with Gasteiger partial charge in [-0.3, -0.25) is 4.79 Å². The van der Waals surface area contributed by atoms with Gasteiger partial charge in [-0.1, -0.05) is 23.7 Å². The predicted octanol–water partition coefficient (Wildman–Crippen LogP) is 2.05. The third kappa shape index (κ3) is 2.19. The summed E-state index contributed by atoms with van der Waals surface area (Å²) in [5.74, 6) is -1.16. The van der Waals surface area contributed by atoms with Crippen molar-refractivity contribution in [3.05, 3.63) is 57.5 Å². The number of aromatic nitrogens is 3. The van der Waals surface area contributed by atoms with Crippen molar-refractivity contribution in [3.63, 3.8) is 0 Å². The molecule has 1 N–H and O–H groups in total. The van der Waals surface area contributed by atoms with Crippen LogP contribution in [0.15, 0.2) is 41.2 Å². The first-order valence-corrected chi connectivity index (χ1v) is 6.44. The minimum Gasteiger partial charge on any atom is -0.477 e. The van der Waals surface area contributed by atoms with Crippen LogP contribution in [0.25, 0.3) is 16.9 Å². The third-order valence-corrected chi connectivity index (χ3v) is 3.44. The third-order valence-electron chi connectivity index (χ3n) is 3.20. The van der Waals surface area contributed by atoms with Gasteiger partial charge >= 0.3 is 5.97 Å². The van der Waals surface area contributed by atoms with Crippen molar-refractivity contribution in [2.45, 2.75) is 0 Å². The van der Waals surface area contributed by atoms with Gasteiger partial charge in [0.05, 0.1) is 5.69 Å². The van der Waals surface area contributed by atoms with Crippen LogP contribution in [-0.2, 0) is 7.05 Å². The Kier molecular flexibility index (Phi) is 3.03. The molecule has 21 heavy (non-hydrogen) atoms. The normalized spacial score (nSPS) is 11.0. The van der Waals surface area contributed by atoms with Gasteiger partial charge in [-0.15, -0.1) is 0 Å². The maximum atomic E-state index is 12.0. The average molecular weight is 304 g/mol. The summed E-state index contributed by atoms with van der Waals surface area (Å²) in [5.41, 5.74) is 1.11. The lowest BCUT2D eigenvalue weighted by molar-refractivity contribution is 0.0685. The van der Waals surface area contributed by atoms with E-state index in [1.54, 1.807) is 31.3 Å². The van der Waals surface area contributed by atoms with Gasteiger partial charge in [-0.25, -0.2) is 4.79 Å². The summed E-state index contributed by atoms with van der Waals surface area (Å²) in [6.07, 6.45) is 0. The summed E-state index contributed by atoms with van der Waals surface area (Å²) in [7, 11) is 1.57. The molecule has 0 spiro atoms. The second-order valence-electron chi connectivity index (χ2n) is 4.54. The van der Waals surface area contributed by atoms with Crippen molar-refractivity contribution in [2.24, 2.45) is 7.05 Å². The maximum Gasteiger partial charge on any atom is 0.352 e. The molecule has 0 aliphatic carbocycles. The predicted molar refractivity (Wildman–Crippen MR) is 77.8 cm³/mol. The van der Waals surface area contributed by atoms with E-state index in [-0.39, 0.29) is 5.69 Å². The number of rotatable bonds is 2. The number of hydrogen-bond donors (Lipinski definition) is 1. The zero-order chi connectivity index (χ0) is 15.1. The average Bonchev–Trinajstić information content (AvgIpc) is 2.88. The van der Waals surface area contributed by atoms with Crippen molar-refractivity contribution in [2.75, 3.05) is 0 Å². The highest BCUT2D eigenvalue weighted by atomic mass is 35.5. The summed E-state index contributed by atoms with van der Waals surface area (Å²) in [6, 6.07) is 9.76. The quantitative estimate of drug-likeness (QED) is 0.786. The number of carboxylic acid groups (broad SMARTS) is 1. The zero-order valence-corrected chi connectivity index (χ0v) is 11.7. The number of halogens is 1. The Morgan fingerprint density at radius 1 is 1.29 bits per heavy atom. The van der Waals surface area contributed by atoms with Crippen molar-refractivity contribution >= 4 is 23.2 Å². The summed E-state index contributed by atoms with van der Waals surface area (Å²) >= 11 is 5.94. The minimum atomic E-state index is -1.16. The summed E-state index contributed by atoms with van der Waals surface area (Å²) in [6.45, 7) is 0. The lowest BCUT2D eigenvalue weighted by Crippen LogP contribution is -2.21. The van der Waals surface area contributed by atoms with E-state index in [1.165, 1.54) is 9.08 Å². The van der Waals surface area contributed by atoms with Gasteiger partial charge < -0.3 is 9.67 Å². The molecule has 0 aliphatic rings. The van der Waals surface area contributed by atoms with E-state index < -0.39 is 11.5 Å². The SMILES string of the molecule is Cn1c(C(=O)O)cc(=O)n2nc(-c3cccc(Cl)c3)cc12. The van der Waals surface area contributed by atoms with Crippen LogP contribution in [0.3, 0.4) is 0 Å². The fraction of sp³-hybridized carbons (Fsp3) is 0.0714. The van der Waals surface area contributed by atoms with Crippen LogP contribution < -0.4 is 5.56 Å². The smallest absolute Gasteiger partial charge is 0.352 e. The van der Waals surface area contributed by atoms with Gasteiger partial charge in [0, 0.05) is 29.8 Å². The van der Waals surface area contributed by atoms with Crippen LogP contribution in [-0.4, -0.2) is 25.3 Å². The molecule has 0 radical (unpaired) electrons. The Morgan fingerprint density at radius 3 is 2.71 bits per heavy atom. The van der Waals surface area contributed by atoms with Gasteiger partial charge in [-0.2, -0.15) is 9.61 Å². The van der Waals surface area contributed by atoms with Crippen molar-refractivity contribution < 1.29 is 9.90 Å². The number of carbonyl (C=O) groups is 1. The molecule has 1 aromatic carbocycles. The first-order chi connectivity index (χ1) is 9.97. The van der Waals surface area contributed by atoms with E-state index in [1.807, 2.05) is 6.07 Å². The molecular weight excluding hydrogens is 294 g/mol. The fourth-order valence-electron chi connectivity index (χ4n) is 2.16. The highest BCUT2D eigenvalue weighted by molar-refractivity contribution is 6.30. The molecule has 0 unspecified atom stereocenters. The molecule has 2 aromatic heterocycles. The van der Waals surface area contributed by atoms with E-state index >= 15 is 0 Å². The molecule has 0 saturated carbocycles. The number of aromatic carboxylic acids is 1. The topological polar surface area (TPSA) is 76.6 Å². The fourth-order valence-corrected chi connectivity index (χ4v) is 2.36. The van der Waals surface area contributed by atoms with E-state index in [9.17, 15) is 9.59 Å². The minimum absolute atomic E-state index is 0.0926.